The molecule has 1 aliphatic heterocycles. The van der Waals surface area contributed by atoms with Crippen LogP contribution in [0.5, 0.6) is 0 Å². The predicted molar refractivity (Wildman–Crippen MR) is 88.7 cm³/mol. The molecule has 1 atom stereocenters. The molecule has 0 aromatic heterocycles. The molecule has 0 spiro atoms. The summed E-state index contributed by atoms with van der Waals surface area (Å²) in [5.74, 6) is 0.0500. The van der Waals surface area contributed by atoms with Crippen molar-refractivity contribution in [2.75, 3.05) is 0 Å². The zero-order chi connectivity index (χ0) is 15.5. The molecule has 1 unspecified atom stereocenters. The van der Waals surface area contributed by atoms with Gasteiger partial charge in [0, 0.05) is 11.1 Å². The number of nitrogens with zero attached hydrogens (tertiary/aromatic N) is 1. The zero-order valence-electron chi connectivity index (χ0n) is 11.7. The summed E-state index contributed by atoms with van der Waals surface area (Å²) >= 11 is 7.32. The summed E-state index contributed by atoms with van der Waals surface area (Å²) in [5.41, 5.74) is 2.30. The van der Waals surface area contributed by atoms with Gasteiger partial charge in [0.1, 0.15) is 4.71 Å². The minimum Gasteiger partial charge on any atom is -0.289 e. The number of alkyl halides is 1. The first-order valence-electron chi connectivity index (χ1n) is 6.93. The Kier molecular flexibility index (Phi) is 4.50. The van der Waals surface area contributed by atoms with E-state index in [2.05, 4.69) is 0 Å². The van der Waals surface area contributed by atoms with Crippen molar-refractivity contribution in [3.8, 4) is 0 Å². The molecule has 1 amide bonds. The van der Waals surface area contributed by atoms with Crippen molar-refractivity contribution in [3.63, 3.8) is 0 Å². The molecule has 3 nitrogen and oxygen atoms in total. The van der Waals surface area contributed by atoms with E-state index in [1.807, 2.05) is 30.3 Å². The summed E-state index contributed by atoms with van der Waals surface area (Å²) in [6.45, 7) is 0.506. The second-order valence-corrected chi connectivity index (χ2v) is 7.05. The summed E-state index contributed by atoms with van der Waals surface area (Å²) in [5, 5.41) is 0. The van der Waals surface area contributed by atoms with Gasteiger partial charge < -0.3 is 0 Å². The first-order chi connectivity index (χ1) is 10.6. The normalized spacial score (nSPS) is 17.8. The van der Waals surface area contributed by atoms with E-state index in [0.717, 1.165) is 5.56 Å². The third-order valence-electron chi connectivity index (χ3n) is 3.43. The Morgan fingerprint density at radius 3 is 2.32 bits per heavy atom. The molecule has 2 aromatic carbocycles. The van der Waals surface area contributed by atoms with Gasteiger partial charge in [-0.3, -0.25) is 13.9 Å². The highest BCUT2D eigenvalue weighted by atomic mass is 35.5. The van der Waals surface area contributed by atoms with E-state index in [1.54, 1.807) is 28.6 Å². The van der Waals surface area contributed by atoms with Crippen molar-refractivity contribution in [1.82, 2.24) is 4.31 Å². The van der Waals surface area contributed by atoms with Crippen LogP contribution in [0.4, 0.5) is 0 Å². The molecule has 1 aliphatic rings. The number of ketones is 1. The molecule has 5 heteroatoms. The van der Waals surface area contributed by atoms with Crippen LogP contribution >= 0.6 is 23.5 Å². The van der Waals surface area contributed by atoms with E-state index in [0.29, 0.717) is 24.1 Å². The van der Waals surface area contributed by atoms with Crippen LogP contribution < -0.4 is 0 Å². The average Bonchev–Trinajstić information content (AvgIpc) is 2.86. The Morgan fingerprint density at radius 2 is 1.73 bits per heavy atom. The highest BCUT2D eigenvalue weighted by molar-refractivity contribution is 7.99. The molecule has 0 aliphatic carbocycles. The minimum atomic E-state index is -0.175. The molecule has 1 heterocycles. The number of benzene rings is 2. The van der Waals surface area contributed by atoms with Gasteiger partial charge >= 0.3 is 0 Å². The van der Waals surface area contributed by atoms with Crippen LogP contribution in [0.1, 0.15) is 27.9 Å². The topological polar surface area (TPSA) is 37.4 Å². The molecule has 22 heavy (non-hydrogen) atoms. The Hall–Kier alpha value is -1.78. The van der Waals surface area contributed by atoms with Gasteiger partial charge in [-0.2, -0.15) is 0 Å². The van der Waals surface area contributed by atoms with Crippen LogP contribution in [-0.4, -0.2) is 20.7 Å². The van der Waals surface area contributed by atoms with E-state index in [-0.39, 0.29) is 16.4 Å². The second-order valence-electron chi connectivity index (χ2n) is 5.04. The Bertz CT molecular complexity index is 688. The zero-order valence-corrected chi connectivity index (χ0v) is 13.3. The van der Waals surface area contributed by atoms with Gasteiger partial charge in [0.15, 0.2) is 5.78 Å². The van der Waals surface area contributed by atoms with E-state index < -0.39 is 0 Å². The van der Waals surface area contributed by atoms with Crippen molar-refractivity contribution in [2.45, 2.75) is 17.7 Å². The number of halogens is 1. The maximum atomic E-state index is 12.3. The third-order valence-corrected chi connectivity index (χ3v) is 4.81. The number of hydrogen-bond donors (Lipinski definition) is 0. The van der Waals surface area contributed by atoms with Crippen LogP contribution in [0.15, 0.2) is 54.6 Å². The number of carbonyl (C=O) groups is 2. The fourth-order valence-electron chi connectivity index (χ4n) is 2.28. The van der Waals surface area contributed by atoms with E-state index >= 15 is 0 Å². The lowest BCUT2D eigenvalue weighted by molar-refractivity contribution is -0.125. The lowest BCUT2D eigenvalue weighted by Crippen LogP contribution is -2.17. The number of amides is 1. The summed E-state index contributed by atoms with van der Waals surface area (Å²) in [7, 11) is 0. The lowest BCUT2D eigenvalue weighted by Gasteiger charge is -2.14. The standard InChI is InChI=1S/C17H14ClNO2S/c18-15-10-16(20)19(22-15)11-12-6-8-14(9-7-12)17(21)13-4-2-1-3-5-13/h1-9,15H,10-11H2. The van der Waals surface area contributed by atoms with Gasteiger partial charge in [0.2, 0.25) is 5.91 Å². The molecule has 1 saturated heterocycles. The van der Waals surface area contributed by atoms with Crippen molar-refractivity contribution < 1.29 is 9.59 Å². The summed E-state index contributed by atoms with van der Waals surface area (Å²) in [6.07, 6.45) is 0.372. The molecular weight excluding hydrogens is 318 g/mol. The lowest BCUT2D eigenvalue weighted by atomic mass is 10.0. The van der Waals surface area contributed by atoms with Crippen LogP contribution in [-0.2, 0) is 11.3 Å². The van der Waals surface area contributed by atoms with Crippen LogP contribution in [0.25, 0.3) is 0 Å². The van der Waals surface area contributed by atoms with Gasteiger partial charge in [0.25, 0.3) is 0 Å². The van der Waals surface area contributed by atoms with E-state index in [4.69, 9.17) is 11.6 Å². The van der Waals surface area contributed by atoms with Gasteiger partial charge in [-0.05, 0) is 17.5 Å². The van der Waals surface area contributed by atoms with Gasteiger partial charge in [0.05, 0.1) is 13.0 Å². The largest absolute Gasteiger partial charge is 0.289 e. The Balaban J connectivity index is 1.71. The second kappa shape index (κ2) is 6.55. The van der Waals surface area contributed by atoms with E-state index in [9.17, 15) is 9.59 Å². The highest BCUT2D eigenvalue weighted by Gasteiger charge is 2.29. The first-order valence-corrected chi connectivity index (χ1v) is 8.20. The molecule has 0 radical (unpaired) electrons. The van der Waals surface area contributed by atoms with Crippen LogP contribution in [0.2, 0.25) is 0 Å². The third kappa shape index (κ3) is 3.34. The number of rotatable bonds is 4. The molecule has 0 N–H and O–H groups in total. The number of carbonyl (C=O) groups excluding carboxylic acids is 2. The smallest absolute Gasteiger partial charge is 0.235 e. The fraction of sp³-hybridized carbons (Fsp3) is 0.176. The maximum Gasteiger partial charge on any atom is 0.235 e. The minimum absolute atomic E-state index is 0.000374. The van der Waals surface area contributed by atoms with Crippen molar-refractivity contribution in [1.29, 1.82) is 0 Å². The molecule has 1 fully saturated rings. The van der Waals surface area contributed by atoms with Gasteiger partial charge in [-0.1, -0.05) is 54.6 Å². The summed E-state index contributed by atoms with van der Waals surface area (Å²) in [4.78, 5) is 24.0. The molecule has 0 saturated carbocycles. The molecule has 2 aromatic rings. The molecular formula is C17H14ClNO2S. The predicted octanol–water partition coefficient (Wildman–Crippen LogP) is 3.86. The van der Waals surface area contributed by atoms with Crippen LogP contribution in [0.3, 0.4) is 0 Å². The Labute approximate surface area is 138 Å². The maximum absolute atomic E-state index is 12.3. The first kappa shape index (κ1) is 15.1. The van der Waals surface area contributed by atoms with Crippen LogP contribution in [0, 0.1) is 0 Å². The molecule has 0 bridgehead atoms. The van der Waals surface area contributed by atoms with Gasteiger partial charge in [-0.15, -0.1) is 11.6 Å². The average molecular weight is 332 g/mol. The molecule has 112 valence electrons. The molecule has 3 rings (SSSR count). The van der Waals surface area contributed by atoms with Crippen molar-refractivity contribution >= 4 is 35.2 Å². The summed E-state index contributed by atoms with van der Waals surface area (Å²) < 4.78 is 1.50. The highest BCUT2D eigenvalue weighted by Crippen LogP contribution is 2.33. The SMILES string of the molecule is O=C(c1ccccc1)c1ccc(CN2SC(Cl)CC2=O)cc1. The summed E-state index contributed by atoms with van der Waals surface area (Å²) in [6, 6.07) is 16.5. The van der Waals surface area contributed by atoms with Crippen molar-refractivity contribution in [2.24, 2.45) is 0 Å². The number of hydrogen-bond acceptors (Lipinski definition) is 3. The van der Waals surface area contributed by atoms with Gasteiger partial charge in [-0.25, -0.2) is 0 Å². The van der Waals surface area contributed by atoms with E-state index in [1.165, 1.54) is 11.9 Å². The quantitative estimate of drug-likeness (QED) is 0.485. The monoisotopic (exact) mass is 331 g/mol. The Morgan fingerprint density at radius 1 is 1.09 bits per heavy atom. The fourth-order valence-corrected chi connectivity index (χ4v) is 3.61. The van der Waals surface area contributed by atoms with Crippen molar-refractivity contribution in [3.05, 3.63) is 71.3 Å².